The Morgan fingerprint density at radius 2 is 1.70 bits per heavy atom. The van der Waals surface area contributed by atoms with Crippen molar-refractivity contribution in [2.75, 3.05) is 14.2 Å². The Kier molecular flexibility index (Phi) is 5.62. The van der Waals surface area contributed by atoms with E-state index in [0.29, 0.717) is 11.5 Å². The largest absolute Gasteiger partial charge is 0.493 e. The Labute approximate surface area is 181 Å². The van der Waals surface area contributed by atoms with Crippen LogP contribution in [0.1, 0.15) is 32.7 Å². The van der Waals surface area contributed by atoms with Gasteiger partial charge in [-0.25, -0.2) is 0 Å². The number of aromatic amines is 1. The molecule has 2 heterocycles. The number of hydrogen-bond acceptors (Lipinski definition) is 6. The van der Waals surface area contributed by atoms with Gasteiger partial charge in [-0.15, -0.1) is 0 Å². The first-order valence-corrected chi connectivity index (χ1v) is 11.0. The van der Waals surface area contributed by atoms with Crippen molar-refractivity contribution in [2.45, 2.75) is 23.1 Å². The number of aromatic nitrogens is 1. The van der Waals surface area contributed by atoms with Gasteiger partial charge in [-0.1, -0.05) is 59.0 Å². The highest BCUT2D eigenvalue weighted by atomic mass is 32.2. The van der Waals surface area contributed by atoms with Gasteiger partial charge in [-0.3, -0.25) is 9.59 Å². The van der Waals surface area contributed by atoms with Crippen molar-refractivity contribution in [3.05, 3.63) is 73.7 Å². The molecule has 1 aliphatic heterocycles. The van der Waals surface area contributed by atoms with Crippen molar-refractivity contribution >= 4 is 29.1 Å². The predicted octanol–water partition coefficient (Wildman–Crippen LogP) is 4.44. The molecule has 0 amide bonds. The second-order valence-corrected chi connectivity index (χ2v) is 9.28. The molecule has 0 unspecified atom stereocenters. The van der Waals surface area contributed by atoms with Crippen LogP contribution in [0.2, 0.25) is 0 Å². The molecule has 8 heteroatoms. The Balaban J connectivity index is 1.89. The predicted molar refractivity (Wildman–Crippen MR) is 117 cm³/mol. The van der Waals surface area contributed by atoms with E-state index in [1.807, 2.05) is 43.3 Å². The second kappa shape index (κ2) is 8.20. The number of thioether (sulfide) groups is 1. The number of rotatable bonds is 5. The minimum atomic E-state index is -0.903. The van der Waals surface area contributed by atoms with Gasteiger partial charge in [-0.05, 0) is 30.2 Å². The zero-order valence-corrected chi connectivity index (χ0v) is 18.3. The molecule has 6 nitrogen and oxygen atoms in total. The number of hydrogen-bond donors (Lipinski definition) is 2. The number of methoxy groups -OCH3 is 2. The second-order valence-electron chi connectivity index (χ2n) is 7.11. The van der Waals surface area contributed by atoms with Crippen LogP contribution in [0.4, 0.5) is 0 Å². The molecule has 4 rings (SSSR count). The maximum Gasteiger partial charge on any atom is 0.308 e. The number of aliphatic carboxylic acids is 1. The van der Waals surface area contributed by atoms with Crippen molar-refractivity contribution < 1.29 is 19.4 Å². The third-order valence-corrected chi connectivity index (χ3v) is 7.78. The SMILES string of the molecule is COc1ccc([C@H]2Sc3[nH]c(=O)sc3[C@@H](c3ccc(C)cc3)[C@@H]2C(=O)O)cc1OC. The topological polar surface area (TPSA) is 88.6 Å². The summed E-state index contributed by atoms with van der Waals surface area (Å²) in [5, 5.41) is 10.6. The van der Waals surface area contributed by atoms with Gasteiger partial charge in [0, 0.05) is 10.8 Å². The summed E-state index contributed by atoms with van der Waals surface area (Å²) in [5.74, 6) is -0.972. The van der Waals surface area contributed by atoms with E-state index >= 15 is 0 Å². The van der Waals surface area contributed by atoms with Gasteiger partial charge < -0.3 is 19.6 Å². The van der Waals surface area contributed by atoms with Gasteiger partial charge in [0.25, 0.3) is 0 Å². The van der Waals surface area contributed by atoms with Crippen molar-refractivity contribution in [3.8, 4) is 11.5 Å². The van der Waals surface area contributed by atoms with E-state index in [0.717, 1.165) is 37.9 Å². The standard InChI is InChI=1S/C22H21NO5S2/c1-11-4-6-12(7-5-11)16-17(21(24)25)18(29-20-19(16)30-22(26)23-20)13-8-9-14(27-2)15(10-13)28-3/h4-10,16-18H,1-3H3,(H,23,26)(H,24,25)/t16-,17-,18+/m0/s1. The summed E-state index contributed by atoms with van der Waals surface area (Å²) >= 11 is 2.47. The van der Waals surface area contributed by atoms with Gasteiger partial charge in [0.15, 0.2) is 11.5 Å². The molecule has 0 fully saturated rings. The van der Waals surface area contributed by atoms with E-state index in [2.05, 4.69) is 4.98 Å². The molecule has 0 saturated heterocycles. The Bertz CT molecular complexity index is 1140. The Morgan fingerprint density at radius 1 is 1.03 bits per heavy atom. The third-order valence-electron chi connectivity index (χ3n) is 5.31. The number of benzene rings is 2. The van der Waals surface area contributed by atoms with E-state index < -0.39 is 23.1 Å². The quantitative estimate of drug-likeness (QED) is 0.606. The first kappa shape index (κ1) is 20.6. The average Bonchev–Trinajstić information content (AvgIpc) is 3.12. The monoisotopic (exact) mass is 443 g/mol. The van der Waals surface area contributed by atoms with Crippen molar-refractivity contribution in [2.24, 2.45) is 5.92 Å². The zero-order chi connectivity index (χ0) is 21.4. The first-order valence-electron chi connectivity index (χ1n) is 9.34. The van der Waals surface area contributed by atoms with E-state index in [1.54, 1.807) is 20.3 Å². The molecule has 156 valence electrons. The smallest absolute Gasteiger partial charge is 0.308 e. The number of carbonyl (C=O) groups is 1. The van der Waals surface area contributed by atoms with E-state index in [-0.39, 0.29) is 4.87 Å². The third kappa shape index (κ3) is 3.61. The highest BCUT2D eigenvalue weighted by Gasteiger charge is 2.45. The van der Waals surface area contributed by atoms with Gasteiger partial charge in [0.05, 0.1) is 30.4 Å². The van der Waals surface area contributed by atoms with Gasteiger partial charge in [0.1, 0.15) is 0 Å². The molecule has 0 aliphatic carbocycles. The molecule has 3 atom stereocenters. The van der Waals surface area contributed by atoms with Crippen LogP contribution < -0.4 is 14.3 Å². The lowest BCUT2D eigenvalue weighted by Crippen LogP contribution is -2.30. The lowest BCUT2D eigenvalue weighted by molar-refractivity contribution is -0.142. The van der Waals surface area contributed by atoms with Crippen LogP contribution in [0, 0.1) is 12.8 Å². The molecular weight excluding hydrogens is 422 g/mol. The summed E-state index contributed by atoms with van der Waals surface area (Å²) in [6, 6.07) is 13.3. The number of aryl methyl sites for hydroxylation is 1. The zero-order valence-electron chi connectivity index (χ0n) is 16.7. The fourth-order valence-electron chi connectivity index (χ4n) is 3.87. The van der Waals surface area contributed by atoms with Crippen molar-refractivity contribution in [1.82, 2.24) is 4.98 Å². The molecular formula is C22H21NO5S2. The molecule has 1 aromatic heterocycles. The minimum absolute atomic E-state index is 0.179. The summed E-state index contributed by atoms with van der Waals surface area (Å²) in [6.07, 6.45) is 0. The van der Waals surface area contributed by atoms with E-state index in [1.165, 1.54) is 11.8 Å². The lowest BCUT2D eigenvalue weighted by atomic mass is 9.80. The van der Waals surface area contributed by atoms with Gasteiger partial charge in [0.2, 0.25) is 0 Å². The highest BCUT2D eigenvalue weighted by Crippen LogP contribution is 2.56. The summed E-state index contributed by atoms with van der Waals surface area (Å²) in [5.41, 5.74) is 2.78. The maximum absolute atomic E-state index is 12.5. The summed E-state index contributed by atoms with van der Waals surface area (Å²) in [4.78, 5) is 28.2. The number of carboxylic acids is 1. The summed E-state index contributed by atoms with van der Waals surface area (Å²) in [7, 11) is 3.11. The molecule has 0 radical (unpaired) electrons. The molecule has 1 aliphatic rings. The highest BCUT2D eigenvalue weighted by molar-refractivity contribution is 7.99. The van der Waals surface area contributed by atoms with Crippen LogP contribution in [-0.4, -0.2) is 30.3 Å². The lowest BCUT2D eigenvalue weighted by Gasteiger charge is -2.35. The van der Waals surface area contributed by atoms with Crippen LogP contribution in [0.5, 0.6) is 11.5 Å². The number of thiazole rings is 1. The first-order chi connectivity index (χ1) is 14.4. The van der Waals surface area contributed by atoms with Crippen molar-refractivity contribution in [3.63, 3.8) is 0 Å². The number of nitrogens with one attached hydrogen (secondary N) is 1. The Hall–Kier alpha value is -2.71. The number of H-pyrrole nitrogens is 1. The van der Waals surface area contributed by atoms with Crippen molar-refractivity contribution in [1.29, 1.82) is 0 Å². The minimum Gasteiger partial charge on any atom is -0.493 e. The van der Waals surface area contributed by atoms with Gasteiger partial charge in [-0.2, -0.15) is 0 Å². The average molecular weight is 444 g/mol. The van der Waals surface area contributed by atoms with Crippen LogP contribution in [-0.2, 0) is 4.79 Å². The van der Waals surface area contributed by atoms with Gasteiger partial charge >= 0.3 is 10.8 Å². The van der Waals surface area contributed by atoms with Crippen LogP contribution in [0.25, 0.3) is 0 Å². The molecule has 30 heavy (non-hydrogen) atoms. The number of ether oxygens (including phenoxy) is 2. The van der Waals surface area contributed by atoms with E-state index in [4.69, 9.17) is 9.47 Å². The van der Waals surface area contributed by atoms with Crippen LogP contribution >= 0.6 is 23.1 Å². The molecule has 2 N–H and O–H groups in total. The summed E-state index contributed by atoms with van der Waals surface area (Å²) in [6.45, 7) is 1.99. The normalized spacial score (nSPS) is 20.4. The summed E-state index contributed by atoms with van der Waals surface area (Å²) < 4.78 is 10.7. The molecule has 3 aromatic rings. The number of carboxylic acid groups (broad SMARTS) is 1. The van der Waals surface area contributed by atoms with E-state index in [9.17, 15) is 14.7 Å². The molecule has 0 saturated carbocycles. The molecule has 2 aromatic carbocycles. The molecule has 0 spiro atoms. The van der Waals surface area contributed by atoms with Crippen LogP contribution in [0.15, 0.2) is 52.3 Å². The molecule has 0 bridgehead atoms. The fourth-order valence-corrected chi connectivity index (χ4v) is 6.46. The van der Waals surface area contributed by atoms with Crippen LogP contribution in [0.3, 0.4) is 0 Å². The maximum atomic E-state index is 12.5. The Morgan fingerprint density at radius 3 is 2.33 bits per heavy atom. The fraction of sp³-hybridized carbons (Fsp3) is 0.273. The number of fused-ring (bicyclic) bond motifs is 1.